The van der Waals surface area contributed by atoms with Gasteiger partial charge in [-0.15, -0.1) is 0 Å². The van der Waals surface area contributed by atoms with Crippen LogP contribution in [0.1, 0.15) is 50.3 Å². The molecule has 5 rings (SSSR count). The molecule has 4 aliphatic carbocycles. The van der Waals surface area contributed by atoms with E-state index in [2.05, 4.69) is 11.4 Å². The fourth-order valence-electron chi connectivity index (χ4n) is 5.49. The summed E-state index contributed by atoms with van der Waals surface area (Å²) < 4.78 is 5.37. The largest absolute Gasteiger partial charge is 0.467 e. The highest BCUT2D eigenvalue weighted by Crippen LogP contribution is 2.59. The van der Waals surface area contributed by atoms with E-state index < -0.39 is 0 Å². The summed E-state index contributed by atoms with van der Waals surface area (Å²) in [7, 11) is 0. The van der Waals surface area contributed by atoms with Gasteiger partial charge in [0, 0.05) is 6.54 Å². The van der Waals surface area contributed by atoms with Gasteiger partial charge in [0.1, 0.15) is 5.76 Å². The number of nitrogens with one attached hydrogen (secondary N) is 1. The number of furan rings is 1. The third kappa shape index (κ3) is 2.07. The third-order valence-electron chi connectivity index (χ3n) is 5.80. The smallest absolute Gasteiger partial charge is 0.154 e. The Balaban J connectivity index is 1.45. The maximum Gasteiger partial charge on any atom is 0.154 e. The van der Waals surface area contributed by atoms with Crippen LogP contribution in [0.25, 0.3) is 0 Å². The first kappa shape index (κ1) is 12.5. The van der Waals surface area contributed by atoms with Crippen molar-refractivity contribution in [3.05, 3.63) is 24.2 Å². The van der Waals surface area contributed by atoms with E-state index in [0.29, 0.717) is 5.41 Å². The second-order valence-corrected chi connectivity index (χ2v) is 7.38. The molecular weight excluding hydrogens is 248 g/mol. The number of nitriles is 1. The molecule has 1 aromatic rings. The molecule has 1 N–H and O–H groups in total. The predicted molar refractivity (Wildman–Crippen MR) is 75.7 cm³/mol. The summed E-state index contributed by atoms with van der Waals surface area (Å²) in [6.45, 7) is 0.982. The first-order chi connectivity index (χ1) is 9.76. The molecule has 0 spiro atoms. The molecule has 1 heterocycles. The Kier molecular flexibility index (Phi) is 2.89. The van der Waals surface area contributed by atoms with E-state index in [-0.39, 0.29) is 6.04 Å². The number of hydrogen-bond acceptors (Lipinski definition) is 3. The van der Waals surface area contributed by atoms with E-state index in [4.69, 9.17) is 4.42 Å². The molecule has 3 heteroatoms. The van der Waals surface area contributed by atoms with Gasteiger partial charge < -0.3 is 4.42 Å². The lowest BCUT2D eigenvalue weighted by Crippen LogP contribution is -2.50. The number of hydrogen-bond donors (Lipinski definition) is 1. The van der Waals surface area contributed by atoms with Crippen molar-refractivity contribution in [1.29, 1.82) is 5.26 Å². The maximum absolute atomic E-state index is 9.34. The summed E-state index contributed by atoms with van der Waals surface area (Å²) in [6.07, 6.45) is 10.2. The van der Waals surface area contributed by atoms with Crippen molar-refractivity contribution in [3.8, 4) is 6.07 Å². The predicted octanol–water partition coefficient (Wildman–Crippen LogP) is 3.65. The van der Waals surface area contributed by atoms with Gasteiger partial charge in [-0.25, -0.2) is 0 Å². The third-order valence-corrected chi connectivity index (χ3v) is 5.80. The second kappa shape index (κ2) is 4.63. The second-order valence-electron chi connectivity index (χ2n) is 7.38. The molecule has 1 aromatic heterocycles. The standard InChI is InChI=1S/C17H22N2O/c18-10-15(16-2-1-3-20-16)19-11-17-7-12-4-13(8-17)6-14(5-12)9-17/h1-3,12-15,19H,4-9,11H2. The van der Waals surface area contributed by atoms with Crippen LogP contribution in [0, 0.1) is 34.5 Å². The summed E-state index contributed by atoms with van der Waals surface area (Å²) in [5.74, 6) is 3.64. The monoisotopic (exact) mass is 270 g/mol. The van der Waals surface area contributed by atoms with Crippen LogP contribution in [0.5, 0.6) is 0 Å². The average Bonchev–Trinajstić information content (AvgIpc) is 2.91. The Labute approximate surface area is 120 Å². The molecule has 20 heavy (non-hydrogen) atoms. The summed E-state index contributed by atoms with van der Waals surface area (Å²) in [6, 6.07) is 5.78. The molecule has 0 aromatic carbocycles. The van der Waals surface area contributed by atoms with Crippen LogP contribution in [0.4, 0.5) is 0 Å². The zero-order valence-electron chi connectivity index (χ0n) is 11.8. The van der Waals surface area contributed by atoms with Crippen LogP contribution in [-0.4, -0.2) is 6.54 Å². The van der Waals surface area contributed by atoms with E-state index in [1.807, 2.05) is 12.1 Å². The van der Waals surface area contributed by atoms with Gasteiger partial charge in [-0.1, -0.05) is 0 Å². The lowest BCUT2D eigenvalue weighted by Gasteiger charge is -2.57. The number of rotatable bonds is 4. The van der Waals surface area contributed by atoms with Gasteiger partial charge in [-0.05, 0) is 73.8 Å². The molecule has 4 fully saturated rings. The molecule has 0 saturated heterocycles. The van der Waals surface area contributed by atoms with Crippen LogP contribution < -0.4 is 5.32 Å². The van der Waals surface area contributed by atoms with Gasteiger partial charge in [-0.3, -0.25) is 5.32 Å². The molecule has 0 aliphatic heterocycles. The van der Waals surface area contributed by atoms with Crippen LogP contribution in [-0.2, 0) is 0 Å². The van der Waals surface area contributed by atoms with E-state index in [1.54, 1.807) is 6.26 Å². The lowest BCUT2D eigenvalue weighted by atomic mass is 9.49. The first-order valence-electron chi connectivity index (χ1n) is 7.93. The maximum atomic E-state index is 9.34. The summed E-state index contributed by atoms with van der Waals surface area (Å²) in [5.41, 5.74) is 0.469. The molecule has 1 atom stereocenters. The van der Waals surface area contributed by atoms with Crippen LogP contribution in [0.2, 0.25) is 0 Å². The summed E-state index contributed by atoms with van der Waals surface area (Å²) in [5, 5.41) is 12.8. The van der Waals surface area contributed by atoms with Crippen molar-refractivity contribution < 1.29 is 4.42 Å². The minimum Gasteiger partial charge on any atom is -0.467 e. The van der Waals surface area contributed by atoms with Crippen molar-refractivity contribution in [2.75, 3.05) is 6.54 Å². The van der Waals surface area contributed by atoms with E-state index in [9.17, 15) is 5.26 Å². The van der Waals surface area contributed by atoms with E-state index in [0.717, 1.165) is 30.1 Å². The lowest BCUT2D eigenvalue weighted by molar-refractivity contribution is -0.0520. The van der Waals surface area contributed by atoms with E-state index in [1.165, 1.54) is 38.5 Å². The Morgan fingerprint density at radius 1 is 1.25 bits per heavy atom. The van der Waals surface area contributed by atoms with Gasteiger partial charge in [0.15, 0.2) is 6.04 Å². The number of nitrogens with zero attached hydrogens (tertiary/aromatic N) is 1. The van der Waals surface area contributed by atoms with Crippen molar-refractivity contribution in [3.63, 3.8) is 0 Å². The molecule has 4 aliphatic rings. The normalized spacial score (nSPS) is 39.6. The highest BCUT2D eigenvalue weighted by Gasteiger charge is 2.50. The van der Waals surface area contributed by atoms with Crippen molar-refractivity contribution in [1.82, 2.24) is 5.32 Å². The molecule has 0 radical (unpaired) electrons. The minimum atomic E-state index is -0.294. The SMILES string of the molecule is N#CC(NCC12CC3CC(CC(C3)C1)C2)c1ccco1. The summed E-state index contributed by atoms with van der Waals surface area (Å²) >= 11 is 0. The highest BCUT2D eigenvalue weighted by atomic mass is 16.3. The van der Waals surface area contributed by atoms with Crippen molar-refractivity contribution in [2.24, 2.45) is 23.2 Å². The fourth-order valence-corrected chi connectivity index (χ4v) is 5.49. The topological polar surface area (TPSA) is 49.0 Å². The molecule has 1 unspecified atom stereocenters. The highest BCUT2D eigenvalue weighted by molar-refractivity contribution is 5.13. The molecule has 3 nitrogen and oxygen atoms in total. The Hall–Kier alpha value is -1.27. The average molecular weight is 270 g/mol. The van der Waals surface area contributed by atoms with Gasteiger partial charge >= 0.3 is 0 Å². The zero-order valence-corrected chi connectivity index (χ0v) is 11.8. The summed E-state index contributed by atoms with van der Waals surface area (Å²) in [4.78, 5) is 0. The van der Waals surface area contributed by atoms with E-state index >= 15 is 0 Å². The van der Waals surface area contributed by atoms with Gasteiger partial charge in [0.2, 0.25) is 0 Å². The molecular formula is C17H22N2O. The van der Waals surface area contributed by atoms with Gasteiger partial charge in [0.05, 0.1) is 12.3 Å². The van der Waals surface area contributed by atoms with Crippen LogP contribution in [0.3, 0.4) is 0 Å². The van der Waals surface area contributed by atoms with Crippen LogP contribution >= 0.6 is 0 Å². The quantitative estimate of drug-likeness (QED) is 0.908. The Morgan fingerprint density at radius 3 is 2.40 bits per heavy atom. The molecule has 4 saturated carbocycles. The first-order valence-corrected chi connectivity index (χ1v) is 7.93. The zero-order chi connectivity index (χ0) is 13.6. The molecule has 0 amide bonds. The molecule has 106 valence electrons. The van der Waals surface area contributed by atoms with Gasteiger partial charge in [0.25, 0.3) is 0 Å². The minimum absolute atomic E-state index is 0.294. The Bertz CT molecular complexity index is 478. The van der Waals surface area contributed by atoms with Crippen molar-refractivity contribution in [2.45, 2.75) is 44.6 Å². The Morgan fingerprint density at radius 2 is 1.90 bits per heavy atom. The fraction of sp³-hybridized carbons (Fsp3) is 0.706. The van der Waals surface area contributed by atoms with Crippen LogP contribution in [0.15, 0.2) is 22.8 Å². The van der Waals surface area contributed by atoms with Gasteiger partial charge in [-0.2, -0.15) is 5.26 Å². The van der Waals surface area contributed by atoms with Crippen molar-refractivity contribution >= 4 is 0 Å². The molecule has 4 bridgehead atoms.